The summed E-state index contributed by atoms with van der Waals surface area (Å²) in [5.74, 6) is -6.61. The molecule has 220 valence electrons. The first-order valence-corrected chi connectivity index (χ1v) is 13.8. The number of fused-ring (bicyclic) bond motifs is 1. The Labute approximate surface area is 243 Å². The van der Waals surface area contributed by atoms with Crippen LogP contribution in [0.3, 0.4) is 0 Å². The molecule has 12 heteroatoms. The molecule has 2 aliphatic carbocycles. The molecule has 3 amide bonds. The Kier molecular flexibility index (Phi) is 6.91. The quantitative estimate of drug-likeness (QED) is 0.425. The lowest BCUT2D eigenvalue weighted by atomic mass is 9.83. The fourth-order valence-electron chi connectivity index (χ4n) is 6.43. The Morgan fingerprint density at radius 1 is 1.07 bits per heavy atom. The summed E-state index contributed by atoms with van der Waals surface area (Å²) in [6.45, 7) is 0. The van der Waals surface area contributed by atoms with E-state index in [9.17, 15) is 32.8 Å². The average Bonchev–Trinajstić information content (AvgIpc) is 3.54. The van der Waals surface area contributed by atoms with Gasteiger partial charge in [0, 0.05) is 42.8 Å². The number of rotatable bonds is 6. The molecule has 2 aromatic carbocycles. The monoisotopic (exact) mass is 591 g/mol. The standard InChI is InChI=1S/C31H25F4N5O3/c32-20-4-2-5-22(14-20)40(28(42)24-7-8-26(41)39(24)25-13-18(17-36)10-12-37-25)31(29(43)38-21-15-30(34,35)16-21)11-9-19-3-1-6-23(33)27(19)31/h1-6,10,12-14,21,24H,7-9,11,15-16H2,(H,38,43)/t24-,31-/m0/s1. The van der Waals surface area contributed by atoms with Gasteiger partial charge in [-0.15, -0.1) is 0 Å². The van der Waals surface area contributed by atoms with Gasteiger partial charge in [0.15, 0.2) is 5.54 Å². The van der Waals surface area contributed by atoms with Crippen molar-refractivity contribution in [2.45, 2.75) is 62.1 Å². The lowest BCUT2D eigenvalue weighted by molar-refractivity contribution is -0.137. The lowest BCUT2D eigenvalue weighted by Gasteiger charge is -2.45. The average molecular weight is 592 g/mol. The van der Waals surface area contributed by atoms with Crippen LogP contribution in [0.1, 0.15) is 48.8 Å². The summed E-state index contributed by atoms with van der Waals surface area (Å²) in [5, 5.41) is 12.0. The molecule has 43 heavy (non-hydrogen) atoms. The number of anilines is 2. The molecule has 3 aliphatic rings. The molecule has 6 rings (SSSR count). The predicted molar refractivity (Wildman–Crippen MR) is 146 cm³/mol. The molecule has 1 aliphatic heterocycles. The van der Waals surface area contributed by atoms with Crippen LogP contribution in [-0.4, -0.2) is 40.7 Å². The number of aryl methyl sites for hydroxylation is 1. The topological polar surface area (TPSA) is 106 Å². The van der Waals surface area contributed by atoms with Crippen LogP contribution in [0.25, 0.3) is 0 Å². The number of nitriles is 1. The smallest absolute Gasteiger partial charge is 0.252 e. The summed E-state index contributed by atoms with van der Waals surface area (Å²) in [4.78, 5) is 48.4. The minimum atomic E-state index is -2.96. The molecule has 0 radical (unpaired) electrons. The first-order valence-electron chi connectivity index (χ1n) is 13.8. The van der Waals surface area contributed by atoms with E-state index in [4.69, 9.17) is 0 Å². The van der Waals surface area contributed by atoms with E-state index in [1.165, 1.54) is 36.5 Å². The van der Waals surface area contributed by atoms with E-state index in [0.29, 0.717) is 5.56 Å². The van der Waals surface area contributed by atoms with Gasteiger partial charge in [0.2, 0.25) is 5.91 Å². The second-order valence-corrected chi connectivity index (χ2v) is 11.1. The van der Waals surface area contributed by atoms with E-state index in [1.807, 2.05) is 6.07 Å². The molecule has 1 aromatic heterocycles. The highest BCUT2D eigenvalue weighted by Crippen LogP contribution is 2.48. The number of carbonyl (C=O) groups excluding carboxylic acids is 3. The van der Waals surface area contributed by atoms with Crippen LogP contribution in [0.15, 0.2) is 60.8 Å². The fourth-order valence-corrected chi connectivity index (χ4v) is 6.43. The van der Waals surface area contributed by atoms with Gasteiger partial charge in [-0.3, -0.25) is 24.2 Å². The van der Waals surface area contributed by atoms with Gasteiger partial charge >= 0.3 is 0 Å². The van der Waals surface area contributed by atoms with E-state index in [0.717, 1.165) is 28.0 Å². The number of pyridine rings is 1. The third-order valence-electron chi connectivity index (χ3n) is 8.36. The van der Waals surface area contributed by atoms with Gasteiger partial charge in [-0.05, 0) is 61.2 Å². The number of nitrogens with one attached hydrogen (secondary N) is 1. The maximum Gasteiger partial charge on any atom is 0.252 e. The van der Waals surface area contributed by atoms with E-state index in [-0.39, 0.29) is 48.3 Å². The second kappa shape index (κ2) is 10.5. The first-order chi connectivity index (χ1) is 20.5. The molecule has 0 spiro atoms. The largest absolute Gasteiger partial charge is 0.351 e. The van der Waals surface area contributed by atoms with Crippen LogP contribution < -0.4 is 15.1 Å². The molecule has 2 heterocycles. The number of amides is 3. The van der Waals surface area contributed by atoms with E-state index < -0.39 is 65.7 Å². The van der Waals surface area contributed by atoms with Crippen molar-refractivity contribution in [2.24, 2.45) is 0 Å². The van der Waals surface area contributed by atoms with Crippen molar-refractivity contribution in [1.29, 1.82) is 5.26 Å². The van der Waals surface area contributed by atoms with E-state index in [2.05, 4.69) is 10.3 Å². The Bertz CT molecular complexity index is 1680. The van der Waals surface area contributed by atoms with Gasteiger partial charge in [-0.1, -0.05) is 18.2 Å². The van der Waals surface area contributed by atoms with Crippen LogP contribution in [0.4, 0.5) is 29.1 Å². The molecule has 1 N–H and O–H groups in total. The Balaban J connectivity index is 1.51. The number of hydrogen-bond donors (Lipinski definition) is 1. The minimum absolute atomic E-state index is 0.00137. The molecule has 2 atom stereocenters. The van der Waals surface area contributed by atoms with Crippen molar-refractivity contribution in [3.05, 3.63) is 89.1 Å². The Morgan fingerprint density at radius 3 is 2.56 bits per heavy atom. The van der Waals surface area contributed by atoms with Crippen LogP contribution in [0.5, 0.6) is 0 Å². The normalized spacial score (nSPS) is 22.4. The summed E-state index contributed by atoms with van der Waals surface area (Å²) < 4.78 is 57.9. The van der Waals surface area contributed by atoms with Gasteiger partial charge in [-0.2, -0.15) is 5.26 Å². The maximum absolute atomic E-state index is 15.8. The number of alkyl halides is 2. The number of halogens is 4. The summed E-state index contributed by atoms with van der Waals surface area (Å²) in [7, 11) is 0. The molecule has 1 saturated carbocycles. The molecule has 2 fully saturated rings. The van der Waals surface area contributed by atoms with Gasteiger partial charge in [0.1, 0.15) is 23.5 Å². The fraction of sp³-hybridized carbons (Fsp3) is 0.323. The molecule has 0 bridgehead atoms. The van der Waals surface area contributed by atoms with Crippen LogP contribution >= 0.6 is 0 Å². The van der Waals surface area contributed by atoms with Crippen molar-refractivity contribution in [3.8, 4) is 6.07 Å². The van der Waals surface area contributed by atoms with Crippen molar-refractivity contribution >= 4 is 29.2 Å². The van der Waals surface area contributed by atoms with E-state index in [1.54, 1.807) is 6.07 Å². The predicted octanol–water partition coefficient (Wildman–Crippen LogP) is 4.52. The maximum atomic E-state index is 15.8. The highest BCUT2D eigenvalue weighted by molar-refractivity contribution is 6.12. The molecular formula is C31H25F4N5O3. The van der Waals surface area contributed by atoms with Crippen LogP contribution in [-0.2, 0) is 26.3 Å². The van der Waals surface area contributed by atoms with Crippen LogP contribution in [0.2, 0.25) is 0 Å². The van der Waals surface area contributed by atoms with Gasteiger partial charge in [-0.25, -0.2) is 22.5 Å². The van der Waals surface area contributed by atoms with Crippen LogP contribution in [0, 0.1) is 23.0 Å². The number of carbonyl (C=O) groups is 3. The zero-order chi connectivity index (χ0) is 30.5. The van der Waals surface area contributed by atoms with Crippen molar-refractivity contribution in [2.75, 3.05) is 9.80 Å². The molecule has 3 aromatic rings. The van der Waals surface area contributed by atoms with Crippen molar-refractivity contribution in [3.63, 3.8) is 0 Å². The molecule has 1 saturated heterocycles. The third kappa shape index (κ3) is 4.78. The first kappa shape index (κ1) is 28.3. The molecule has 0 unspecified atom stereocenters. The second-order valence-electron chi connectivity index (χ2n) is 11.1. The van der Waals surface area contributed by atoms with Gasteiger partial charge in [0.05, 0.1) is 11.6 Å². The van der Waals surface area contributed by atoms with Crippen molar-refractivity contribution < 1.29 is 31.9 Å². The molecular weight excluding hydrogens is 566 g/mol. The van der Waals surface area contributed by atoms with E-state index >= 15 is 4.39 Å². The summed E-state index contributed by atoms with van der Waals surface area (Å²) in [6.07, 6.45) is 0.0726. The number of benzene rings is 2. The number of aromatic nitrogens is 1. The summed E-state index contributed by atoms with van der Waals surface area (Å²) in [5.41, 5.74) is -1.65. The lowest BCUT2D eigenvalue weighted by Crippen LogP contribution is -2.64. The third-order valence-corrected chi connectivity index (χ3v) is 8.36. The zero-order valence-corrected chi connectivity index (χ0v) is 22.7. The van der Waals surface area contributed by atoms with Gasteiger partial charge < -0.3 is 5.32 Å². The highest BCUT2D eigenvalue weighted by Gasteiger charge is 2.58. The molecule has 8 nitrogen and oxygen atoms in total. The summed E-state index contributed by atoms with van der Waals surface area (Å²) in [6, 6.07) is 11.7. The van der Waals surface area contributed by atoms with Crippen molar-refractivity contribution in [1.82, 2.24) is 10.3 Å². The Morgan fingerprint density at radius 2 is 1.84 bits per heavy atom. The zero-order valence-electron chi connectivity index (χ0n) is 22.7. The Hall–Kier alpha value is -4.79. The minimum Gasteiger partial charge on any atom is -0.351 e. The SMILES string of the molecule is N#Cc1ccnc(N2C(=O)CC[C@H]2C(=O)N(c2cccc(F)c2)[C@@]2(C(=O)NC3CC(F)(F)C3)CCc3cccc(F)c32)c1. The number of nitrogens with zero attached hydrogens (tertiary/aromatic N) is 4. The van der Waals surface area contributed by atoms with Gasteiger partial charge in [0.25, 0.3) is 17.7 Å². The summed E-state index contributed by atoms with van der Waals surface area (Å²) >= 11 is 0. The number of hydrogen-bond acceptors (Lipinski definition) is 5. The highest BCUT2D eigenvalue weighted by atomic mass is 19.3.